The predicted octanol–water partition coefficient (Wildman–Crippen LogP) is 1.74. The molecular weight excluding hydrogens is 140 g/mol. The van der Waals surface area contributed by atoms with Gasteiger partial charge in [0.05, 0.1) is 12.2 Å². The number of rotatable bonds is 5. The van der Waals surface area contributed by atoms with Gasteiger partial charge in [-0.2, -0.15) is 0 Å². The average Bonchev–Trinajstić information content (AvgIpc) is 2.05. The summed E-state index contributed by atoms with van der Waals surface area (Å²) >= 11 is 0. The largest absolute Gasteiger partial charge is 0.392 e. The molecule has 0 aromatic carbocycles. The van der Waals surface area contributed by atoms with Crippen LogP contribution in [0.25, 0.3) is 0 Å². The van der Waals surface area contributed by atoms with E-state index in [1.165, 1.54) is 0 Å². The highest BCUT2D eigenvalue weighted by atomic mass is 16.5. The monoisotopic (exact) mass is 158 g/mol. The van der Waals surface area contributed by atoms with Gasteiger partial charge < -0.3 is 9.84 Å². The molecule has 0 saturated heterocycles. The van der Waals surface area contributed by atoms with Crippen LogP contribution in [-0.2, 0) is 4.74 Å². The molecule has 1 N–H and O–H groups in total. The van der Waals surface area contributed by atoms with E-state index in [2.05, 4.69) is 13.8 Å². The van der Waals surface area contributed by atoms with Gasteiger partial charge in [0, 0.05) is 7.11 Å². The highest BCUT2D eigenvalue weighted by Crippen LogP contribution is 2.18. The summed E-state index contributed by atoms with van der Waals surface area (Å²) < 4.78 is 5.30. The molecule has 0 heterocycles. The Balaban J connectivity index is 3.77. The molecule has 0 aliphatic carbocycles. The number of ether oxygens (including phenoxy) is 1. The molecule has 0 aromatic rings. The first kappa shape index (κ1) is 10.7. The summed E-state index contributed by atoms with van der Waals surface area (Å²) in [6.07, 6.45) is 5.54. The van der Waals surface area contributed by atoms with E-state index in [1.54, 1.807) is 13.2 Å². The molecular formula is C9H18O2. The normalized spacial score (nSPS) is 17.1. The molecule has 2 heteroatoms. The van der Waals surface area contributed by atoms with Crippen molar-refractivity contribution < 1.29 is 9.84 Å². The van der Waals surface area contributed by atoms with Crippen molar-refractivity contribution in [2.75, 3.05) is 13.7 Å². The molecule has 0 aromatic heterocycles. The molecule has 66 valence electrons. The minimum atomic E-state index is -0.0638. The molecule has 0 saturated carbocycles. The van der Waals surface area contributed by atoms with Crippen LogP contribution in [-0.4, -0.2) is 24.4 Å². The van der Waals surface area contributed by atoms with Crippen molar-refractivity contribution in [1.82, 2.24) is 0 Å². The van der Waals surface area contributed by atoms with Gasteiger partial charge in [-0.25, -0.2) is 0 Å². The van der Waals surface area contributed by atoms with Crippen molar-refractivity contribution in [3.05, 3.63) is 12.2 Å². The van der Waals surface area contributed by atoms with E-state index in [-0.39, 0.29) is 12.2 Å². The summed E-state index contributed by atoms with van der Waals surface area (Å²) in [5.74, 6) is 0. The third kappa shape index (κ3) is 4.17. The van der Waals surface area contributed by atoms with Crippen LogP contribution in [0.4, 0.5) is 0 Å². The standard InChI is InChI=1S/C9H18O2/c1-4-9(2,11-3)7-5-6-8-10/h5-6,10H,4,7-8H2,1-3H3. The minimum Gasteiger partial charge on any atom is -0.392 e. The van der Waals surface area contributed by atoms with Crippen LogP contribution in [0, 0.1) is 0 Å². The Morgan fingerprint density at radius 2 is 2.09 bits per heavy atom. The van der Waals surface area contributed by atoms with Gasteiger partial charge in [-0.05, 0) is 19.8 Å². The van der Waals surface area contributed by atoms with Crippen LogP contribution < -0.4 is 0 Å². The van der Waals surface area contributed by atoms with Gasteiger partial charge in [-0.15, -0.1) is 0 Å². The van der Waals surface area contributed by atoms with E-state index < -0.39 is 0 Å². The van der Waals surface area contributed by atoms with E-state index in [0.29, 0.717) is 0 Å². The topological polar surface area (TPSA) is 29.5 Å². The lowest BCUT2D eigenvalue weighted by atomic mass is 9.99. The summed E-state index contributed by atoms with van der Waals surface area (Å²) in [4.78, 5) is 0. The molecule has 2 nitrogen and oxygen atoms in total. The van der Waals surface area contributed by atoms with Gasteiger partial charge in [0.25, 0.3) is 0 Å². The number of methoxy groups -OCH3 is 1. The number of aliphatic hydroxyl groups excluding tert-OH is 1. The minimum absolute atomic E-state index is 0.0638. The lowest BCUT2D eigenvalue weighted by molar-refractivity contribution is 0.00545. The van der Waals surface area contributed by atoms with Gasteiger partial charge in [0.2, 0.25) is 0 Å². The summed E-state index contributed by atoms with van der Waals surface area (Å²) in [5, 5.41) is 8.48. The molecule has 11 heavy (non-hydrogen) atoms. The van der Waals surface area contributed by atoms with Crippen LogP contribution in [0.15, 0.2) is 12.2 Å². The molecule has 1 atom stereocenters. The van der Waals surface area contributed by atoms with E-state index in [4.69, 9.17) is 9.84 Å². The zero-order valence-corrected chi connectivity index (χ0v) is 7.63. The predicted molar refractivity (Wildman–Crippen MR) is 46.5 cm³/mol. The average molecular weight is 158 g/mol. The Morgan fingerprint density at radius 1 is 1.45 bits per heavy atom. The van der Waals surface area contributed by atoms with Crippen molar-refractivity contribution in [2.45, 2.75) is 32.3 Å². The van der Waals surface area contributed by atoms with Gasteiger partial charge >= 0.3 is 0 Å². The van der Waals surface area contributed by atoms with E-state index in [1.807, 2.05) is 6.08 Å². The maximum absolute atomic E-state index is 8.48. The van der Waals surface area contributed by atoms with Crippen molar-refractivity contribution in [2.24, 2.45) is 0 Å². The molecule has 1 unspecified atom stereocenters. The summed E-state index contributed by atoms with van der Waals surface area (Å²) in [5.41, 5.74) is -0.0638. The first-order chi connectivity index (χ1) is 5.18. The fourth-order valence-corrected chi connectivity index (χ4v) is 0.779. The lowest BCUT2D eigenvalue weighted by Crippen LogP contribution is -2.24. The molecule has 0 radical (unpaired) electrons. The van der Waals surface area contributed by atoms with Crippen LogP contribution in [0.2, 0.25) is 0 Å². The Labute approximate surface area is 68.9 Å². The van der Waals surface area contributed by atoms with Crippen LogP contribution in [0.1, 0.15) is 26.7 Å². The van der Waals surface area contributed by atoms with E-state index in [0.717, 1.165) is 12.8 Å². The summed E-state index contributed by atoms with van der Waals surface area (Å²) in [6, 6.07) is 0. The molecule has 0 aliphatic rings. The first-order valence-electron chi connectivity index (χ1n) is 3.99. The fourth-order valence-electron chi connectivity index (χ4n) is 0.779. The molecule has 0 fully saturated rings. The molecule has 0 spiro atoms. The van der Waals surface area contributed by atoms with Gasteiger partial charge in [0.15, 0.2) is 0 Å². The zero-order chi connectivity index (χ0) is 8.74. The molecule has 0 rings (SSSR count). The fraction of sp³-hybridized carbons (Fsp3) is 0.778. The SMILES string of the molecule is CCC(C)(CC=CCO)OC. The zero-order valence-electron chi connectivity index (χ0n) is 7.63. The van der Waals surface area contributed by atoms with Crippen LogP contribution in [0.5, 0.6) is 0 Å². The smallest absolute Gasteiger partial charge is 0.0682 e. The van der Waals surface area contributed by atoms with Crippen molar-refractivity contribution in [3.8, 4) is 0 Å². The second kappa shape index (κ2) is 5.33. The molecule has 0 aliphatic heterocycles. The molecule has 0 bridgehead atoms. The third-order valence-electron chi connectivity index (χ3n) is 2.06. The highest BCUT2D eigenvalue weighted by Gasteiger charge is 2.18. The Kier molecular flexibility index (Phi) is 5.16. The van der Waals surface area contributed by atoms with Gasteiger partial charge in [-0.3, -0.25) is 0 Å². The Hall–Kier alpha value is -0.340. The van der Waals surface area contributed by atoms with E-state index in [9.17, 15) is 0 Å². The van der Waals surface area contributed by atoms with Crippen molar-refractivity contribution in [3.63, 3.8) is 0 Å². The quantitative estimate of drug-likeness (QED) is 0.617. The Bertz CT molecular complexity index is 115. The maximum Gasteiger partial charge on any atom is 0.0682 e. The summed E-state index contributed by atoms with van der Waals surface area (Å²) in [6.45, 7) is 4.27. The van der Waals surface area contributed by atoms with Crippen molar-refractivity contribution in [1.29, 1.82) is 0 Å². The van der Waals surface area contributed by atoms with Crippen LogP contribution >= 0.6 is 0 Å². The molecule has 0 amide bonds. The second-order valence-electron chi connectivity index (χ2n) is 2.87. The van der Waals surface area contributed by atoms with Crippen LogP contribution in [0.3, 0.4) is 0 Å². The van der Waals surface area contributed by atoms with E-state index >= 15 is 0 Å². The summed E-state index contributed by atoms with van der Waals surface area (Å²) in [7, 11) is 1.72. The maximum atomic E-state index is 8.48. The number of aliphatic hydroxyl groups is 1. The number of hydrogen-bond acceptors (Lipinski definition) is 2. The Morgan fingerprint density at radius 3 is 2.45 bits per heavy atom. The first-order valence-corrected chi connectivity index (χ1v) is 3.99. The van der Waals surface area contributed by atoms with Crippen molar-refractivity contribution >= 4 is 0 Å². The van der Waals surface area contributed by atoms with Gasteiger partial charge in [0.1, 0.15) is 0 Å². The lowest BCUT2D eigenvalue weighted by Gasteiger charge is -2.24. The second-order valence-corrected chi connectivity index (χ2v) is 2.87. The van der Waals surface area contributed by atoms with Gasteiger partial charge in [-0.1, -0.05) is 19.1 Å². The third-order valence-corrected chi connectivity index (χ3v) is 2.06. The highest BCUT2D eigenvalue weighted by molar-refractivity contribution is 4.89. The number of hydrogen-bond donors (Lipinski definition) is 1.